The molecule has 3 amide bonds. The Hall–Kier alpha value is -5.04. The Morgan fingerprint density at radius 2 is 1.60 bits per heavy atom. The number of imidazole rings is 2. The highest BCUT2D eigenvalue weighted by atomic mass is 19.1. The van der Waals surface area contributed by atoms with E-state index in [0.717, 1.165) is 78.0 Å². The number of fused-ring (bicyclic) bond motifs is 3. The van der Waals surface area contributed by atoms with Crippen molar-refractivity contribution in [1.82, 2.24) is 35.1 Å². The Bertz CT molecular complexity index is 1940. The molecule has 262 valence electrons. The number of rotatable bonds is 7. The van der Waals surface area contributed by atoms with Gasteiger partial charge in [-0.2, -0.15) is 0 Å². The second-order valence-corrected chi connectivity index (χ2v) is 13.6. The van der Waals surface area contributed by atoms with Crippen molar-refractivity contribution in [2.45, 2.75) is 83.0 Å². The number of aromatic nitrogens is 4. The molecular weight excluding hydrogens is 639 g/mol. The van der Waals surface area contributed by atoms with E-state index in [2.05, 4.69) is 37.1 Å². The number of nitrogens with one attached hydrogen (secondary N) is 3. The zero-order valence-electron chi connectivity index (χ0n) is 28.6. The molecule has 12 nitrogen and oxygen atoms in total. The van der Waals surface area contributed by atoms with E-state index in [9.17, 15) is 14.4 Å². The first-order valence-corrected chi connectivity index (χ1v) is 17.4. The third kappa shape index (κ3) is 6.26. The van der Waals surface area contributed by atoms with Crippen molar-refractivity contribution < 1.29 is 23.5 Å². The predicted molar refractivity (Wildman–Crippen MR) is 185 cm³/mol. The van der Waals surface area contributed by atoms with E-state index in [-0.39, 0.29) is 29.7 Å². The minimum absolute atomic E-state index is 0.0520. The number of nitrogens with zero attached hydrogens (tertiary/aromatic N) is 4. The largest absolute Gasteiger partial charge is 0.453 e. The average molecular weight is 683 g/mol. The van der Waals surface area contributed by atoms with Gasteiger partial charge in [0.15, 0.2) is 0 Å². The molecule has 50 heavy (non-hydrogen) atoms. The van der Waals surface area contributed by atoms with Gasteiger partial charge < -0.3 is 35.6 Å². The van der Waals surface area contributed by atoms with E-state index < -0.39 is 18.2 Å². The number of aromatic amines is 2. The third-order valence-corrected chi connectivity index (χ3v) is 10.2. The van der Waals surface area contributed by atoms with Gasteiger partial charge in [0.05, 0.1) is 42.8 Å². The maximum atomic E-state index is 15.7. The number of hydrogen-bond donors (Lipinski definition) is 4. The minimum atomic E-state index is -0.755. The molecule has 2 aromatic heterocycles. The number of likely N-dealkylation sites (tertiary alicyclic amines) is 2. The SMILES string of the molecule is COC(=O)N[C@@H](C)C(=O)N1CCC[C@H]1c1ncc(-c2ccc(-c3ccc4c(c3)CCCc3[nH]c([C@@H]5CCCN5C(=O)[C@H](C)N)nc3-4)cc2F)[nH]1. The van der Waals surface area contributed by atoms with Crippen LogP contribution >= 0.6 is 0 Å². The molecule has 0 unspecified atom stereocenters. The van der Waals surface area contributed by atoms with Crippen LogP contribution in [0.2, 0.25) is 0 Å². The van der Waals surface area contributed by atoms with Crippen molar-refractivity contribution in [3.63, 3.8) is 0 Å². The van der Waals surface area contributed by atoms with Gasteiger partial charge in [-0.15, -0.1) is 0 Å². The van der Waals surface area contributed by atoms with Gasteiger partial charge in [0, 0.05) is 29.9 Å². The summed E-state index contributed by atoms with van der Waals surface area (Å²) in [7, 11) is 1.25. The van der Waals surface area contributed by atoms with Crippen LogP contribution in [0.15, 0.2) is 42.6 Å². The molecule has 13 heteroatoms. The fourth-order valence-electron chi connectivity index (χ4n) is 7.65. The van der Waals surface area contributed by atoms with Crippen LogP contribution in [0.3, 0.4) is 0 Å². The Balaban J connectivity index is 1.10. The minimum Gasteiger partial charge on any atom is -0.453 e. The second-order valence-electron chi connectivity index (χ2n) is 13.6. The summed E-state index contributed by atoms with van der Waals surface area (Å²) < 4.78 is 20.4. The van der Waals surface area contributed by atoms with Gasteiger partial charge in [-0.3, -0.25) is 9.59 Å². The highest BCUT2D eigenvalue weighted by Crippen LogP contribution is 2.39. The van der Waals surface area contributed by atoms with Crippen molar-refractivity contribution in [1.29, 1.82) is 0 Å². The number of ether oxygens (including phenoxy) is 1. The maximum Gasteiger partial charge on any atom is 0.407 e. The van der Waals surface area contributed by atoms with Crippen LogP contribution in [0.1, 0.15) is 80.9 Å². The van der Waals surface area contributed by atoms with Gasteiger partial charge in [0.1, 0.15) is 23.5 Å². The first kappa shape index (κ1) is 33.5. The number of benzene rings is 2. The monoisotopic (exact) mass is 682 g/mol. The molecule has 0 radical (unpaired) electrons. The number of alkyl carbamates (subject to hydrolysis) is 1. The molecular formula is C37H43FN8O4. The predicted octanol–water partition coefficient (Wildman–Crippen LogP) is 5.18. The number of amides is 3. The molecule has 1 aliphatic carbocycles. The smallest absolute Gasteiger partial charge is 0.407 e. The van der Waals surface area contributed by atoms with Crippen LogP contribution < -0.4 is 11.1 Å². The van der Waals surface area contributed by atoms with Gasteiger partial charge in [-0.25, -0.2) is 19.2 Å². The lowest BCUT2D eigenvalue weighted by Crippen LogP contribution is -2.46. The zero-order valence-corrected chi connectivity index (χ0v) is 28.6. The number of carbonyl (C=O) groups is 3. The van der Waals surface area contributed by atoms with E-state index in [1.165, 1.54) is 7.11 Å². The summed E-state index contributed by atoms with van der Waals surface area (Å²) in [5.41, 5.74) is 12.7. The van der Waals surface area contributed by atoms with Crippen molar-refractivity contribution in [2.24, 2.45) is 5.73 Å². The van der Waals surface area contributed by atoms with Crippen molar-refractivity contribution in [2.75, 3.05) is 20.2 Å². The Morgan fingerprint density at radius 1 is 0.920 bits per heavy atom. The summed E-state index contributed by atoms with van der Waals surface area (Å²) >= 11 is 0. The van der Waals surface area contributed by atoms with E-state index in [1.54, 1.807) is 37.1 Å². The first-order valence-electron chi connectivity index (χ1n) is 17.4. The summed E-state index contributed by atoms with van der Waals surface area (Å²) in [4.78, 5) is 57.4. The van der Waals surface area contributed by atoms with Gasteiger partial charge in [-0.1, -0.05) is 24.3 Å². The Labute approximate surface area is 290 Å². The van der Waals surface area contributed by atoms with Crippen molar-refractivity contribution in [3.8, 4) is 33.6 Å². The molecule has 0 spiro atoms. The highest BCUT2D eigenvalue weighted by molar-refractivity contribution is 5.86. The maximum absolute atomic E-state index is 15.7. The van der Waals surface area contributed by atoms with Gasteiger partial charge in [-0.05, 0) is 87.6 Å². The number of nitrogens with two attached hydrogens (primary N) is 1. The quantitative estimate of drug-likeness (QED) is 0.209. The molecule has 4 atom stereocenters. The molecule has 4 heterocycles. The molecule has 0 saturated carbocycles. The molecule has 4 aromatic rings. The number of hydrogen-bond acceptors (Lipinski definition) is 7. The van der Waals surface area contributed by atoms with Gasteiger partial charge in [0.2, 0.25) is 11.8 Å². The van der Waals surface area contributed by atoms with Crippen LogP contribution in [0, 0.1) is 5.82 Å². The van der Waals surface area contributed by atoms with Crippen molar-refractivity contribution in [3.05, 3.63) is 71.3 Å². The summed E-state index contributed by atoms with van der Waals surface area (Å²) in [6, 6.07) is 9.70. The third-order valence-electron chi connectivity index (χ3n) is 10.2. The average Bonchev–Trinajstić information content (AvgIpc) is 3.93. The fraction of sp³-hybridized carbons (Fsp3) is 0.432. The van der Waals surface area contributed by atoms with Crippen LogP contribution in [0.25, 0.3) is 33.6 Å². The zero-order chi connectivity index (χ0) is 35.1. The number of H-pyrrole nitrogens is 2. The number of methoxy groups -OCH3 is 1. The standard InChI is InChI=1S/C37H43FN8O4/c1-20(39)35(47)45-15-6-10-31(45)34-42-28-8-4-7-24-17-22(11-13-25(24)32(28)44-34)23-12-14-26(27(38)18-23)29-19-40-33(43-29)30-9-5-16-46(30)36(48)21(2)41-37(49)50-3/h11-14,17-21,30-31H,4-10,15-16,39H2,1-3H3,(H,40,43)(H,41,49)(H,42,44)/t20-,21-,30-,31-/m0/s1. The molecule has 2 aliphatic heterocycles. The van der Waals surface area contributed by atoms with Gasteiger partial charge >= 0.3 is 6.09 Å². The molecule has 3 aliphatic rings. The molecule has 2 fully saturated rings. The van der Waals surface area contributed by atoms with E-state index in [0.29, 0.717) is 36.6 Å². The number of carbonyl (C=O) groups excluding carboxylic acids is 3. The second kappa shape index (κ2) is 13.7. The summed E-state index contributed by atoms with van der Waals surface area (Å²) in [5, 5.41) is 2.53. The van der Waals surface area contributed by atoms with E-state index in [1.807, 2.05) is 17.0 Å². The molecule has 0 bridgehead atoms. The molecule has 5 N–H and O–H groups in total. The Kier molecular flexibility index (Phi) is 9.17. The highest BCUT2D eigenvalue weighted by Gasteiger charge is 2.36. The lowest BCUT2D eigenvalue weighted by Gasteiger charge is -2.26. The van der Waals surface area contributed by atoms with E-state index >= 15 is 4.39 Å². The Morgan fingerprint density at radius 3 is 2.30 bits per heavy atom. The van der Waals surface area contributed by atoms with Crippen LogP contribution in [0.4, 0.5) is 9.18 Å². The fourth-order valence-corrected chi connectivity index (χ4v) is 7.65. The lowest BCUT2D eigenvalue weighted by molar-refractivity contribution is -0.134. The summed E-state index contributed by atoms with van der Waals surface area (Å²) in [6.45, 7) is 4.56. The van der Waals surface area contributed by atoms with E-state index in [4.69, 9.17) is 10.7 Å². The lowest BCUT2D eigenvalue weighted by atomic mass is 9.95. The topological polar surface area (TPSA) is 162 Å². The number of halogens is 1. The van der Waals surface area contributed by atoms with Crippen LogP contribution in [-0.2, 0) is 27.2 Å². The van der Waals surface area contributed by atoms with Gasteiger partial charge in [0.25, 0.3) is 0 Å². The normalized spacial score (nSPS) is 19.8. The summed E-state index contributed by atoms with van der Waals surface area (Å²) in [6.07, 6.45) is 6.86. The molecule has 2 aromatic carbocycles. The summed E-state index contributed by atoms with van der Waals surface area (Å²) in [5.74, 6) is 0.724. The van der Waals surface area contributed by atoms with Crippen LogP contribution in [0.5, 0.6) is 0 Å². The molecule has 7 rings (SSSR count). The molecule has 2 saturated heterocycles. The van der Waals surface area contributed by atoms with Crippen LogP contribution in [-0.4, -0.2) is 79.9 Å². The van der Waals surface area contributed by atoms with Crippen molar-refractivity contribution >= 4 is 17.9 Å². The number of aryl methyl sites for hydroxylation is 2. The first-order chi connectivity index (χ1) is 24.1.